The molecule has 0 unspecified atom stereocenters. The minimum atomic E-state index is -0.387. The molecule has 4 heterocycles. The Labute approximate surface area is 189 Å². The number of carbonyl (C=O) groups excluding carboxylic acids is 3. The van der Waals surface area contributed by atoms with E-state index in [1.807, 2.05) is 29.9 Å². The Balaban J connectivity index is 1.32. The van der Waals surface area contributed by atoms with Crippen LogP contribution in [-0.2, 0) is 9.53 Å². The molecule has 0 spiro atoms. The Kier molecular flexibility index (Phi) is 6.27. The third kappa shape index (κ3) is 4.38. The summed E-state index contributed by atoms with van der Waals surface area (Å²) in [6.07, 6.45) is 1.06. The number of aromatic nitrogens is 2. The van der Waals surface area contributed by atoms with Gasteiger partial charge in [-0.3, -0.25) is 19.0 Å². The third-order valence-electron chi connectivity index (χ3n) is 5.77. The number of ketones is 1. The zero-order chi connectivity index (χ0) is 22.8. The van der Waals surface area contributed by atoms with E-state index >= 15 is 0 Å². The van der Waals surface area contributed by atoms with Gasteiger partial charge in [-0.1, -0.05) is 11.2 Å². The largest absolute Gasteiger partial charge is 0.457 e. The van der Waals surface area contributed by atoms with Crippen molar-refractivity contribution in [2.75, 3.05) is 19.7 Å². The highest BCUT2D eigenvalue weighted by Crippen LogP contribution is 2.23. The Morgan fingerprint density at radius 3 is 2.56 bits per heavy atom. The Morgan fingerprint density at radius 1 is 1.19 bits per heavy atom. The lowest BCUT2D eigenvalue weighted by Gasteiger charge is -2.30. The quantitative estimate of drug-likeness (QED) is 0.415. The number of hydrogen-bond donors (Lipinski definition) is 0. The number of Topliss-reactive ketones (excluding diaryl/α,β-unsaturated/α-hetero) is 1. The molecule has 1 amide bonds. The SMILES string of the molecule is Cc1cc(-n2c(C)cc(C(=O)COC(=O)C3CCN(C(=O)c4cccs4)CC3)c2C)no1. The summed E-state index contributed by atoms with van der Waals surface area (Å²) in [5.74, 6) is 0.334. The Bertz CT molecular complexity index is 1140. The lowest BCUT2D eigenvalue weighted by atomic mass is 9.97. The van der Waals surface area contributed by atoms with Gasteiger partial charge in [0, 0.05) is 36.1 Å². The standard InChI is InChI=1S/C23H25N3O5S/c1-14-11-18(16(3)26(14)21-12-15(2)31-24-21)19(27)13-30-23(29)17-6-8-25(9-7-17)22(28)20-5-4-10-32-20/h4-5,10-12,17H,6-9,13H2,1-3H3. The van der Waals surface area contributed by atoms with Crippen molar-refractivity contribution in [3.63, 3.8) is 0 Å². The van der Waals surface area contributed by atoms with Crippen molar-refractivity contribution in [2.24, 2.45) is 5.92 Å². The van der Waals surface area contributed by atoms with Crippen LogP contribution in [-0.4, -0.2) is 52.0 Å². The van der Waals surface area contributed by atoms with Gasteiger partial charge in [0.1, 0.15) is 5.76 Å². The molecule has 0 bridgehead atoms. The average Bonchev–Trinajstić information content (AvgIpc) is 3.52. The molecule has 0 aromatic carbocycles. The maximum atomic E-state index is 12.7. The van der Waals surface area contributed by atoms with E-state index in [1.54, 1.807) is 30.0 Å². The zero-order valence-corrected chi connectivity index (χ0v) is 19.1. The lowest BCUT2D eigenvalue weighted by Crippen LogP contribution is -2.40. The summed E-state index contributed by atoms with van der Waals surface area (Å²) >= 11 is 1.41. The summed E-state index contributed by atoms with van der Waals surface area (Å²) in [6, 6.07) is 7.22. The number of thiophene rings is 1. The number of carbonyl (C=O) groups is 3. The van der Waals surface area contributed by atoms with Gasteiger partial charge in [-0.2, -0.15) is 0 Å². The molecule has 1 saturated heterocycles. The van der Waals surface area contributed by atoms with Crippen molar-refractivity contribution in [1.82, 2.24) is 14.6 Å². The predicted octanol–water partition coefficient (Wildman–Crippen LogP) is 3.73. The minimum absolute atomic E-state index is 0.000317. The summed E-state index contributed by atoms with van der Waals surface area (Å²) in [5, 5.41) is 5.89. The van der Waals surface area contributed by atoms with Gasteiger partial charge in [0.2, 0.25) is 5.78 Å². The van der Waals surface area contributed by atoms with E-state index in [4.69, 9.17) is 9.26 Å². The molecule has 0 radical (unpaired) electrons. The second-order valence-electron chi connectivity index (χ2n) is 7.99. The van der Waals surface area contributed by atoms with E-state index in [9.17, 15) is 14.4 Å². The molecule has 168 valence electrons. The molecule has 1 aliphatic heterocycles. The second kappa shape index (κ2) is 9.12. The van der Waals surface area contributed by atoms with Crippen molar-refractivity contribution >= 4 is 29.0 Å². The number of nitrogens with zero attached hydrogens (tertiary/aromatic N) is 3. The summed E-state index contributed by atoms with van der Waals surface area (Å²) in [5.41, 5.74) is 2.05. The van der Waals surface area contributed by atoms with Gasteiger partial charge in [0.25, 0.3) is 5.91 Å². The highest BCUT2D eigenvalue weighted by molar-refractivity contribution is 7.12. The topological polar surface area (TPSA) is 94.6 Å². The van der Waals surface area contributed by atoms with Crippen LogP contribution in [0.3, 0.4) is 0 Å². The van der Waals surface area contributed by atoms with Crippen molar-refractivity contribution in [3.05, 3.63) is 57.2 Å². The summed E-state index contributed by atoms with van der Waals surface area (Å²) in [7, 11) is 0. The van der Waals surface area contributed by atoms with Gasteiger partial charge in [-0.15, -0.1) is 11.3 Å². The molecule has 32 heavy (non-hydrogen) atoms. The van der Waals surface area contributed by atoms with E-state index in [1.165, 1.54) is 11.3 Å². The maximum Gasteiger partial charge on any atom is 0.309 e. The van der Waals surface area contributed by atoms with Crippen LogP contribution in [0.25, 0.3) is 5.82 Å². The van der Waals surface area contributed by atoms with Gasteiger partial charge >= 0.3 is 5.97 Å². The maximum absolute atomic E-state index is 12.7. The number of amides is 1. The molecule has 3 aromatic heterocycles. The first-order valence-electron chi connectivity index (χ1n) is 10.5. The smallest absolute Gasteiger partial charge is 0.309 e. The number of aryl methyl sites for hydroxylation is 2. The van der Waals surface area contributed by atoms with Gasteiger partial charge < -0.3 is 14.2 Å². The molecule has 9 heteroatoms. The number of esters is 1. The molecule has 0 saturated carbocycles. The second-order valence-corrected chi connectivity index (χ2v) is 8.94. The molecular formula is C23H25N3O5S. The van der Waals surface area contributed by atoms with E-state index < -0.39 is 0 Å². The number of rotatable bonds is 6. The molecule has 0 N–H and O–H groups in total. The van der Waals surface area contributed by atoms with Crippen molar-refractivity contribution in [2.45, 2.75) is 33.6 Å². The number of ether oxygens (including phenoxy) is 1. The molecule has 3 aromatic rings. The fourth-order valence-electron chi connectivity index (χ4n) is 4.06. The molecule has 1 fully saturated rings. The first-order chi connectivity index (χ1) is 15.3. The lowest BCUT2D eigenvalue weighted by molar-refractivity contribution is -0.148. The van der Waals surface area contributed by atoms with Crippen molar-refractivity contribution in [3.8, 4) is 5.82 Å². The van der Waals surface area contributed by atoms with E-state index in [-0.39, 0.29) is 30.2 Å². The molecule has 8 nitrogen and oxygen atoms in total. The molecular weight excluding hydrogens is 430 g/mol. The third-order valence-corrected chi connectivity index (χ3v) is 6.63. The highest BCUT2D eigenvalue weighted by Gasteiger charge is 2.30. The normalized spacial score (nSPS) is 14.5. The van der Waals surface area contributed by atoms with Crippen LogP contribution >= 0.6 is 11.3 Å². The summed E-state index contributed by atoms with van der Waals surface area (Å²) < 4.78 is 12.3. The average molecular weight is 456 g/mol. The minimum Gasteiger partial charge on any atom is -0.457 e. The van der Waals surface area contributed by atoms with Gasteiger partial charge in [-0.25, -0.2) is 0 Å². The highest BCUT2D eigenvalue weighted by atomic mass is 32.1. The number of piperidine rings is 1. The summed E-state index contributed by atoms with van der Waals surface area (Å²) in [4.78, 5) is 40.2. The van der Waals surface area contributed by atoms with Crippen LogP contribution in [0.5, 0.6) is 0 Å². The van der Waals surface area contributed by atoms with Crippen LogP contribution in [0, 0.1) is 26.7 Å². The van der Waals surface area contributed by atoms with Crippen molar-refractivity contribution in [1.29, 1.82) is 0 Å². The number of likely N-dealkylation sites (tertiary alicyclic amines) is 1. The van der Waals surface area contributed by atoms with Gasteiger partial charge in [0.15, 0.2) is 12.4 Å². The monoisotopic (exact) mass is 455 g/mol. The molecule has 0 aliphatic carbocycles. The summed E-state index contributed by atoms with van der Waals surface area (Å²) in [6.45, 7) is 6.21. The predicted molar refractivity (Wildman–Crippen MR) is 118 cm³/mol. The fraction of sp³-hybridized carbons (Fsp3) is 0.391. The Morgan fingerprint density at radius 2 is 1.94 bits per heavy atom. The van der Waals surface area contributed by atoms with Crippen LogP contribution in [0.1, 0.15) is 50.0 Å². The fourth-order valence-corrected chi connectivity index (χ4v) is 4.75. The van der Waals surface area contributed by atoms with Crippen molar-refractivity contribution < 1.29 is 23.6 Å². The van der Waals surface area contributed by atoms with Crippen LogP contribution in [0.4, 0.5) is 0 Å². The molecule has 4 rings (SSSR count). The van der Waals surface area contributed by atoms with E-state index in [0.29, 0.717) is 47.9 Å². The van der Waals surface area contributed by atoms with Gasteiger partial charge in [-0.05, 0) is 51.1 Å². The zero-order valence-electron chi connectivity index (χ0n) is 18.3. The Hall–Kier alpha value is -3.20. The van der Waals surface area contributed by atoms with E-state index in [2.05, 4.69) is 5.16 Å². The first kappa shape index (κ1) is 22.0. The van der Waals surface area contributed by atoms with Crippen LogP contribution in [0.2, 0.25) is 0 Å². The number of hydrogen-bond acceptors (Lipinski definition) is 7. The first-order valence-corrected chi connectivity index (χ1v) is 11.4. The van der Waals surface area contributed by atoms with Crippen LogP contribution < -0.4 is 0 Å². The van der Waals surface area contributed by atoms with E-state index in [0.717, 1.165) is 11.4 Å². The molecule has 0 atom stereocenters. The van der Waals surface area contributed by atoms with Gasteiger partial charge in [0.05, 0.1) is 10.8 Å². The molecule has 1 aliphatic rings. The van der Waals surface area contributed by atoms with Crippen LogP contribution in [0.15, 0.2) is 34.2 Å².